The quantitative estimate of drug-likeness (QED) is 0.746. The molecule has 2 aromatic carbocycles. The zero-order chi connectivity index (χ0) is 18.0. The van der Waals surface area contributed by atoms with Crippen molar-refractivity contribution in [1.29, 1.82) is 0 Å². The smallest absolute Gasteiger partial charge is 0.335 e. The molecule has 1 aliphatic rings. The van der Waals surface area contributed by atoms with Gasteiger partial charge in [-0.2, -0.15) is 0 Å². The largest absolute Gasteiger partial charge is 0.478 e. The Kier molecular flexibility index (Phi) is 5.06. The number of rotatable bonds is 4. The molecule has 0 saturated carbocycles. The highest BCUT2D eigenvalue weighted by atomic mass is 79.9. The minimum Gasteiger partial charge on any atom is -0.478 e. The number of carboxylic acids is 1. The van der Waals surface area contributed by atoms with E-state index in [1.54, 1.807) is 18.2 Å². The molecule has 0 aromatic heterocycles. The number of carbonyl (C=O) groups excluding carboxylic acids is 2. The van der Waals surface area contributed by atoms with E-state index in [1.165, 1.54) is 12.1 Å². The molecule has 0 radical (unpaired) electrons. The number of halogens is 1. The van der Waals surface area contributed by atoms with E-state index in [0.717, 1.165) is 26.7 Å². The number of thioether (sulfide) groups is 1. The van der Waals surface area contributed by atoms with Crippen molar-refractivity contribution in [3.63, 3.8) is 0 Å². The topological polar surface area (TPSA) is 74.7 Å². The Morgan fingerprint density at radius 3 is 2.32 bits per heavy atom. The van der Waals surface area contributed by atoms with Gasteiger partial charge in [0.2, 0.25) is 0 Å². The highest BCUT2D eigenvalue weighted by Gasteiger charge is 2.34. The lowest BCUT2D eigenvalue weighted by Gasteiger charge is -2.12. The maximum atomic E-state index is 12.5. The van der Waals surface area contributed by atoms with Crippen LogP contribution in [0.3, 0.4) is 0 Å². The van der Waals surface area contributed by atoms with Crippen LogP contribution in [0.4, 0.5) is 4.79 Å². The molecule has 0 bridgehead atoms. The van der Waals surface area contributed by atoms with Gasteiger partial charge in [-0.3, -0.25) is 14.5 Å². The molecule has 0 aliphatic carbocycles. The lowest BCUT2D eigenvalue weighted by Crippen LogP contribution is -2.27. The summed E-state index contributed by atoms with van der Waals surface area (Å²) >= 11 is 4.25. The van der Waals surface area contributed by atoms with Crippen molar-refractivity contribution in [2.75, 3.05) is 0 Å². The highest BCUT2D eigenvalue weighted by Crippen LogP contribution is 2.33. The molecule has 1 N–H and O–H groups in total. The Hall–Kier alpha value is -2.38. The van der Waals surface area contributed by atoms with Crippen molar-refractivity contribution >= 4 is 50.9 Å². The minimum atomic E-state index is -1.02. The van der Waals surface area contributed by atoms with Crippen LogP contribution in [0.5, 0.6) is 0 Å². The Morgan fingerprint density at radius 2 is 1.72 bits per heavy atom. The van der Waals surface area contributed by atoms with Crippen molar-refractivity contribution in [2.45, 2.75) is 6.54 Å². The van der Waals surface area contributed by atoms with Gasteiger partial charge in [-0.15, -0.1) is 0 Å². The number of benzene rings is 2. The molecule has 1 heterocycles. The van der Waals surface area contributed by atoms with Crippen LogP contribution >= 0.6 is 27.7 Å². The van der Waals surface area contributed by atoms with Gasteiger partial charge in [-0.05, 0) is 53.2 Å². The number of carbonyl (C=O) groups is 3. The van der Waals surface area contributed by atoms with Crippen LogP contribution in [0.25, 0.3) is 6.08 Å². The number of nitrogens with zero attached hydrogens (tertiary/aromatic N) is 1. The van der Waals surface area contributed by atoms with Crippen molar-refractivity contribution in [2.24, 2.45) is 0 Å². The van der Waals surface area contributed by atoms with Gasteiger partial charge in [0.15, 0.2) is 0 Å². The maximum Gasteiger partial charge on any atom is 0.335 e. The molecule has 3 rings (SSSR count). The Balaban J connectivity index is 1.77. The van der Waals surface area contributed by atoms with Gasteiger partial charge in [-0.1, -0.05) is 40.2 Å². The highest BCUT2D eigenvalue weighted by molar-refractivity contribution is 9.10. The van der Waals surface area contributed by atoms with E-state index in [-0.39, 0.29) is 23.3 Å². The average Bonchev–Trinajstić information content (AvgIpc) is 2.85. The first-order chi connectivity index (χ1) is 11.9. The van der Waals surface area contributed by atoms with Crippen LogP contribution in [-0.4, -0.2) is 27.1 Å². The molecule has 5 nitrogen and oxygen atoms in total. The molecule has 126 valence electrons. The molecule has 7 heteroatoms. The number of hydrogen-bond donors (Lipinski definition) is 1. The first-order valence-corrected chi connectivity index (χ1v) is 8.88. The van der Waals surface area contributed by atoms with Gasteiger partial charge in [-0.25, -0.2) is 4.79 Å². The summed E-state index contributed by atoms with van der Waals surface area (Å²) in [5.74, 6) is -1.37. The number of amides is 2. The summed E-state index contributed by atoms with van der Waals surface area (Å²) in [6.07, 6.45) is 1.69. The van der Waals surface area contributed by atoms with Crippen LogP contribution in [0.2, 0.25) is 0 Å². The van der Waals surface area contributed by atoms with Crippen LogP contribution < -0.4 is 0 Å². The minimum absolute atomic E-state index is 0.113. The molecule has 1 fully saturated rings. The summed E-state index contributed by atoms with van der Waals surface area (Å²) in [6.45, 7) is 0.113. The third kappa shape index (κ3) is 4.00. The van der Waals surface area contributed by atoms with Crippen LogP contribution in [0.1, 0.15) is 21.5 Å². The summed E-state index contributed by atoms with van der Waals surface area (Å²) in [6, 6.07) is 13.5. The number of carboxylic acid groups (broad SMARTS) is 1. The fourth-order valence-corrected chi connectivity index (χ4v) is 3.38. The van der Waals surface area contributed by atoms with E-state index in [9.17, 15) is 14.4 Å². The molecule has 0 unspecified atom stereocenters. The Bertz CT molecular complexity index is 875. The maximum absolute atomic E-state index is 12.5. The van der Waals surface area contributed by atoms with Gasteiger partial charge in [0.25, 0.3) is 11.1 Å². The lowest BCUT2D eigenvalue weighted by atomic mass is 10.1. The lowest BCUT2D eigenvalue weighted by molar-refractivity contribution is -0.123. The van der Waals surface area contributed by atoms with Crippen LogP contribution in [0.15, 0.2) is 57.9 Å². The molecular weight excluding hydrogens is 406 g/mol. The molecule has 0 atom stereocenters. The zero-order valence-electron chi connectivity index (χ0n) is 12.8. The summed E-state index contributed by atoms with van der Waals surface area (Å²) in [5, 5.41) is 8.57. The molecular formula is C18H12BrNO4S. The fourth-order valence-electron chi connectivity index (χ4n) is 2.28. The number of hydrogen-bond acceptors (Lipinski definition) is 4. The zero-order valence-corrected chi connectivity index (χ0v) is 15.2. The van der Waals surface area contributed by atoms with Crippen molar-refractivity contribution in [1.82, 2.24) is 4.90 Å². The van der Waals surface area contributed by atoms with Gasteiger partial charge in [0, 0.05) is 4.47 Å². The third-order valence-corrected chi connectivity index (χ3v) is 5.02. The number of imide groups is 1. The van der Waals surface area contributed by atoms with E-state index in [2.05, 4.69) is 15.9 Å². The Labute approximate surface area is 156 Å². The third-order valence-electron chi connectivity index (χ3n) is 3.58. The van der Waals surface area contributed by atoms with Crippen LogP contribution in [0, 0.1) is 0 Å². The van der Waals surface area contributed by atoms with Gasteiger partial charge < -0.3 is 5.11 Å². The molecule has 25 heavy (non-hydrogen) atoms. The molecule has 2 amide bonds. The van der Waals surface area contributed by atoms with E-state index in [0.29, 0.717) is 10.5 Å². The number of aromatic carboxylic acids is 1. The molecule has 1 aliphatic heterocycles. The monoisotopic (exact) mass is 417 g/mol. The predicted molar refractivity (Wildman–Crippen MR) is 99.1 cm³/mol. The van der Waals surface area contributed by atoms with Crippen molar-refractivity contribution in [3.8, 4) is 0 Å². The molecule has 1 saturated heterocycles. The predicted octanol–water partition coefficient (Wildman–Crippen LogP) is 4.38. The van der Waals surface area contributed by atoms with Gasteiger partial charge in [0.05, 0.1) is 17.0 Å². The van der Waals surface area contributed by atoms with Crippen molar-refractivity contribution < 1.29 is 19.5 Å². The van der Waals surface area contributed by atoms with Crippen LogP contribution in [-0.2, 0) is 11.3 Å². The van der Waals surface area contributed by atoms with E-state index < -0.39 is 5.97 Å². The van der Waals surface area contributed by atoms with Crippen molar-refractivity contribution in [3.05, 3.63) is 74.6 Å². The average molecular weight is 418 g/mol. The molecule has 0 spiro atoms. The summed E-state index contributed by atoms with van der Waals surface area (Å²) in [5.41, 5.74) is 1.68. The first-order valence-electron chi connectivity index (χ1n) is 7.27. The second kappa shape index (κ2) is 7.25. The van der Waals surface area contributed by atoms with E-state index >= 15 is 0 Å². The van der Waals surface area contributed by atoms with Gasteiger partial charge >= 0.3 is 5.97 Å². The summed E-state index contributed by atoms with van der Waals surface area (Å²) < 4.78 is 0.933. The normalized spacial score (nSPS) is 15.9. The molecule has 2 aromatic rings. The second-order valence-corrected chi connectivity index (χ2v) is 7.23. The van der Waals surface area contributed by atoms with Gasteiger partial charge in [0.1, 0.15) is 0 Å². The first kappa shape index (κ1) is 17.4. The Morgan fingerprint density at radius 1 is 1.08 bits per heavy atom. The standard InChI is InChI=1S/C18H12BrNO4S/c19-14-7-3-11(4-8-14)9-15-16(21)20(18(24)25-15)10-12-1-5-13(6-2-12)17(22)23/h1-9H,10H2,(H,22,23)/b15-9-. The van der Waals surface area contributed by atoms with E-state index in [4.69, 9.17) is 5.11 Å². The SMILES string of the molecule is O=C(O)c1ccc(CN2C(=O)S/C(=C\c3ccc(Br)cc3)C2=O)cc1. The summed E-state index contributed by atoms with van der Waals surface area (Å²) in [7, 11) is 0. The second-order valence-electron chi connectivity index (χ2n) is 5.32. The van der Waals surface area contributed by atoms with E-state index in [1.807, 2.05) is 24.3 Å². The summed E-state index contributed by atoms with van der Waals surface area (Å²) in [4.78, 5) is 37.0. The fraction of sp³-hybridized carbons (Fsp3) is 0.0556.